The van der Waals surface area contributed by atoms with E-state index in [9.17, 15) is 9.59 Å². The molecule has 3 rings (SSSR count). The van der Waals surface area contributed by atoms with Gasteiger partial charge in [-0.3, -0.25) is 14.5 Å². The Morgan fingerprint density at radius 2 is 1.76 bits per heavy atom. The van der Waals surface area contributed by atoms with E-state index in [0.717, 1.165) is 32.8 Å². The largest absolute Gasteiger partial charge is 0.492 e. The summed E-state index contributed by atoms with van der Waals surface area (Å²) in [7, 11) is 0. The maximum atomic E-state index is 12.6. The predicted octanol–water partition coefficient (Wildman–Crippen LogP) is 2.40. The molecule has 0 aliphatic carbocycles. The van der Waals surface area contributed by atoms with E-state index >= 15 is 0 Å². The third-order valence-electron chi connectivity index (χ3n) is 4.64. The quantitative estimate of drug-likeness (QED) is 0.715. The van der Waals surface area contributed by atoms with Crippen LogP contribution in [0.4, 0.5) is 5.69 Å². The van der Waals surface area contributed by atoms with Crippen molar-refractivity contribution in [1.82, 2.24) is 10.2 Å². The van der Waals surface area contributed by atoms with E-state index in [1.165, 1.54) is 0 Å². The van der Waals surface area contributed by atoms with Crippen molar-refractivity contribution in [3.8, 4) is 5.75 Å². The monoisotopic (exact) mass is 397 g/mol. The lowest BCUT2D eigenvalue weighted by molar-refractivity contribution is 0.0383. The predicted molar refractivity (Wildman–Crippen MR) is 112 cm³/mol. The third-order valence-corrected chi connectivity index (χ3v) is 4.64. The highest BCUT2D eigenvalue weighted by Crippen LogP contribution is 2.24. The summed E-state index contributed by atoms with van der Waals surface area (Å²) in [6.07, 6.45) is 0. The fourth-order valence-electron chi connectivity index (χ4n) is 3.10. The lowest BCUT2D eigenvalue weighted by atomic mass is 10.1. The van der Waals surface area contributed by atoms with Crippen molar-refractivity contribution >= 4 is 17.5 Å². The molecule has 1 fully saturated rings. The van der Waals surface area contributed by atoms with Crippen molar-refractivity contribution in [3.63, 3.8) is 0 Å². The van der Waals surface area contributed by atoms with Crippen LogP contribution in [0, 0.1) is 0 Å². The van der Waals surface area contributed by atoms with Gasteiger partial charge in [0.05, 0.1) is 25.5 Å². The van der Waals surface area contributed by atoms with Gasteiger partial charge < -0.3 is 20.1 Å². The zero-order valence-corrected chi connectivity index (χ0v) is 16.6. The van der Waals surface area contributed by atoms with Crippen molar-refractivity contribution in [3.05, 3.63) is 59.7 Å². The van der Waals surface area contributed by atoms with Crippen LogP contribution in [-0.2, 0) is 4.74 Å². The number of amides is 2. The van der Waals surface area contributed by atoms with Crippen LogP contribution in [0.1, 0.15) is 27.6 Å². The number of rotatable bonds is 8. The summed E-state index contributed by atoms with van der Waals surface area (Å²) in [6.45, 7) is 6.96. The van der Waals surface area contributed by atoms with Gasteiger partial charge in [0.25, 0.3) is 11.8 Å². The average molecular weight is 397 g/mol. The maximum absolute atomic E-state index is 12.6. The van der Waals surface area contributed by atoms with E-state index in [0.29, 0.717) is 35.7 Å². The minimum atomic E-state index is -0.292. The number of carbonyl (C=O) groups is 2. The lowest BCUT2D eigenvalue weighted by Crippen LogP contribution is -2.41. The van der Waals surface area contributed by atoms with Crippen molar-refractivity contribution in [2.75, 3.05) is 51.3 Å². The van der Waals surface area contributed by atoms with E-state index in [1.807, 2.05) is 19.1 Å². The van der Waals surface area contributed by atoms with Crippen LogP contribution in [0.2, 0.25) is 0 Å². The summed E-state index contributed by atoms with van der Waals surface area (Å²) < 4.78 is 10.9. The highest BCUT2D eigenvalue weighted by molar-refractivity contribution is 6.06. The molecule has 2 aromatic carbocycles. The molecule has 2 N–H and O–H groups in total. The number of nitrogens with zero attached hydrogens (tertiary/aromatic N) is 1. The average Bonchev–Trinajstić information content (AvgIpc) is 2.76. The number of hydrogen-bond acceptors (Lipinski definition) is 5. The molecule has 2 amide bonds. The Labute approximate surface area is 171 Å². The van der Waals surface area contributed by atoms with E-state index in [1.54, 1.807) is 36.4 Å². The number of para-hydroxylation sites is 2. The van der Waals surface area contributed by atoms with Crippen molar-refractivity contribution in [1.29, 1.82) is 0 Å². The van der Waals surface area contributed by atoms with Crippen LogP contribution in [0.3, 0.4) is 0 Å². The Bertz CT molecular complexity index is 834. The summed E-state index contributed by atoms with van der Waals surface area (Å²) in [4.78, 5) is 27.4. The van der Waals surface area contributed by atoms with E-state index in [-0.39, 0.29) is 11.8 Å². The van der Waals surface area contributed by atoms with Gasteiger partial charge in [0.1, 0.15) is 5.75 Å². The summed E-state index contributed by atoms with van der Waals surface area (Å²) >= 11 is 0. The van der Waals surface area contributed by atoms with Crippen LogP contribution in [0.25, 0.3) is 0 Å². The minimum Gasteiger partial charge on any atom is -0.492 e. The van der Waals surface area contributed by atoms with Gasteiger partial charge in [-0.05, 0) is 37.3 Å². The zero-order valence-electron chi connectivity index (χ0n) is 16.6. The van der Waals surface area contributed by atoms with Gasteiger partial charge in [0, 0.05) is 37.3 Å². The molecule has 2 aromatic rings. The van der Waals surface area contributed by atoms with Gasteiger partial charge in [-0.15, -0.1) is 0 Å². The first-order valence-corrected chi connectivity index (χ1v) is 9.89. The van der Waals surface area contributed by atoms with Crippen LogP contribution >= 0.6 is 0 Å². The molecule has 0 radical (unpaired) electrons. The molecule has 7 nitrogen and oxygen atoms in total. The summed E-state index contributed by atoms with van der Waals surface area (Å²) in [5, 5.41) is 5.76. The fraction of sp³-hybridized carbons (Fsp3) is 0.364. The third kappa shape index (κ3) is 6.04. The Kier molecular flexibility index (Phi) is 7.61. The van der Waals surface area contributed by atoms with Gasteiger partial charge in [0.2, 0.25) is 0 Å². The van der Waals surface area contributed by atoms with Crippen LogP contribution in [0.15, 0.2) is 48.5 Å². The molecule has 0 aromatic heterocycles. The second-order valence-corrected chi connectivity index (χ2v) is 6.67. The molecule has 0 spiro atoms. The fourth-order valence-corrected chi connectivity index (χ4v) is 3.10. The molecular formula is C22H27N3O4. The Morgan fingerprint density at radius 1 is 1.03 bits per heavy atom. The molecule has 154 valence electrons. The Balaban J connectivity index is 1.58. The van der Waals surface area contributed by atoms with E-state index in [4.69, 9.17) is 9.47 Å². The SMILES string of the molecule is CCOc1ccccc1NC(=O)c1cccc(C(=O)NCCN2CCOCC2)c1. The number of morpholine rings is 1. The first-order chi connectivity index (χ1) is 14.2. The first-order valence-electron chi connectivity index (χ1n) is 9.89. The lowest BCUT2D eigenvalue weighted by Gasteiger charge is -2.26. The van der Waals surface area contributed by atoms with Gasteiger partial charge in [-0.25, -0.2) is 0 Å². The van der Waals surface area contributed by atoms with Crippen molar-refractivity contribution < 1.29 is 19.1 Å². The standard InChI is InChI=1S/C22H27N3O4/c1-2-29-20-9-4-3-8-19(20)24-22(27)18-7-5-6-17(16-18)21(26)23-10-11-25-12-14-28-15-13-25/h3-9,16H,2,10-15H2,1H3,(H,23,26)(H,24,27). The van der Waals surface area contributed by atoms with Crippen LogP contribution < -0.4 is 15.4 Å². The van der Waals surface area contributed by atoms with Gasteiger partial charge in [-0.1, -0.05) is 18.2 Å². The molecule has 1 heterocycles. The van der Waals surface area contributed by atoms with Crippen LogP contribution in [0.5, 0.6) is 5.75 Å². The Morgan fingerprint density at radius 3 is 2.52 bits per heavy atom. The number of nitrogens with one attached hydrogen (secondary N) is 2. The normalized spacial score (nSPS) is 14.2. The minimum absolute atomic E-state index is 0.192. The molecule has 1 aliphatic rings. The van der Waals surface area contributed by atoms with E-state index < -0.39 is 0 Å². The highest BCUT2D eigenvalue weighted by atomic mass is 16.5. The molecule has 7 heteroatoms. The second kappa shape index (κ2) is 10.6. The van der Waals surface area contributed by atoms with Crippen molar-refractivity contribution in [2.45, 2.75) is 6.92 Å². The smallest absolute Gasteiger partial charge is 0.255 e. The Hall–Kier alpha value is -2.90. The molecule has 0 bridgehead atoms. The number of carbonyl (C=O) groups excluding carboxylic acids is 2. The number of hydrogen-bond donors (Lipinski definition) is 2. The molecular weight excluding hydrogens is 370 g/mol. The van der Waals surface area contributed by atoms with Crippen molar-refractivity contribution in [2.24, 2.45) is 0 Å². The van der Waals surface area contributed by atoms with Gasteiger partial charge in [-0.2, -0.15) is 0 Å². The molecule has 29 heavy (non-hydrogen) atoms. The van der Waals surface area contributed by atoms with Gasteiger partial charge >= 0.3 is 0 Å². The molecule has 0 unspecified atom stereocenters. The number of benzene rings is 2. The van der Waals surface area contributed by atoms with E-state index in [2.05, 4.69) is 15.5 Å². The number of anilines is 1. The number of ether oxygens (including phenoxy) is 2. The summed E-state index contributed by atoms with van der Waals surface area (Å²) in [5.41, 5.74) is 1.47. The topological polar surface area (TPSA) is 79.9 Å². The second-order valence-electron chi connectivity index (χ2n) is 6.67. The zero-order chi connectivity index (χ0) is 20.5. The first kappa shape index (κ1) is 20.8. The van der Waals surface area contributed by atoms with Crippen LogP contribution in [-0.4, -0.2) is 62.7 Å². The molecule has 0 saturated carbocycles. The summed E-state index contributed by atoms with van der Waals surface area (Å²) in [5.74, 6) is 0.128. The van der Waals surface area contributed by atoms with Gasteiger partial charge in [0.15, 0.2) is 0 Å². The maximum Gasteiger partial charge on any atom is 0.255 e. The molecule has 0 atom stereocenters. The highest BCUT2D eigenvalue weighted by Gasteiger charge is 2.14. The molecule has 1 saturated heterocycles. The molecule has 1 aliphatic heterocycles. The summed E-state index contributed by atoms with van der Waals surface area (Å²) in [6, 6.07) is 14.0.